The smallest absolute Gasteiger partial charge is 0.225 e. The van der Waals surface area contributed by atoms with Gasteiger partial charge in [0.05, 0.1) is 11.7 Å². The van der Waals surface area contributed by atoms with Crippen molar-refractivity contribution >= 4 is 5.91 Å². The van der Waals surface area contributed by atoms with Gasteiger partial charge < -0.3 is 19.6 Å². The van der Waals surface area contributed by atoms with E-state index in [4.69, 9.17) is 4.74 Å². The number of aliphatic hydroxyl groups is 1. The first-order valence-corrected chi connectivity index (χ1v) is 10.5. The maximum atomic E-state index is 12.9. The largest absolute Gasteiger partial charge is 0.390 e. The van der Waals surface area contributed by atoms with E-state index in [1.165, 1.54) is 25.7 Å². The number of piperidine rings is 2. The first kappa shape index (κ1) is 17.7. The predicted octanol–water partition coefficient (Wildman–Crippen LogP) is 2.17. The monoisotopic (exact) mass is 350 g/mol. The van der Waals surface area contributed by atoms with Gasteiger partial charge in [-0.25, -0.2) is 0 Å². The molecule has 3 aliphatic heterocycles. The minimum atomic E-state index is -0.374. The van der Waals surface area contributed by atoms with Crippen LogP contribution in [0.4, 0.5) is 0 Å². The fraction of sp³-hybridized carbons (Fsp3) is 0.950. The number of hydrogen-bond donors (Lipinski definition) is 1. The highest BCUT2D eigenvalue weighted by Gasteiger charge is 2.45. The number of amides is 1. The Kier molecular flexibility index (Phi) is 5.35. The molecule has 4 fully saturated rings. The molecule has 1 aliphatic carbocycles. The lowest BCUT2D eigenvalue weighted by atomic mass is 9.81. The van der Waals surface area contributed by atoms with E-state index in [1.807, 2.05) is 4.90 Å². The van der Waals surface area contributed by atoms with Crippen LogP contribution in [0.5, 0.6) is 0 Å². The van der Waals surface area contributed by atoms with Gasteiger partial charge in [-0.3, -0.25) is 4.79 Å². The molecule has 1 spiro atoms. The van der Waals surface area contributed by atoms with E-state index in [0.717, 1.165) is 77.4 Å². The highest BCUT2D eigenvalue weighted by atomic mass is 16.5. The van der Waals surface area contributed by atoms with Crippen LogP contribution in [0.3, 0.4) is 0 Å². The number of ether oxygens (including phenoxy) is 1. The van der Waals surface area contributed by atoms with E-state index in [9.17, 15) is 9.90 Å². The van der Waals surface area contributed by atoms with Gasteiger partial charge in [-0.2, -0.15) is 0 Å². The second kappa shape index (κ2) is 7.53. The van der Waals surface area contributed by atoms with Gasteiger partial charge in [-0.15, -0.1) is 0 Å². The molecule has 1 saturated carbocycles. The fourth-order valence-electron chi connectivity index (χ4n) is 5.53. The summed E-state index contributed by atoms with van der Waals surface area (Å²) < 4.78 is 5.97. The van der Waals surface area contributed by atoms with Gasteiger partial charge in [0.25, 0.3) is 0 Å². The van der Waals surface area contributed by atoms with E-state index < -0.39 is 0 Å². The van der Waals surface area contributed by atoms with Gasteiger partial charge in [0.1, 0.15) is 0 Å². The third kappa shape index (κ3) is 3.60. The van der Waals surface area contributed by atoms with E-state index in [2.05, 4.69) is 4.90 Å². The van der Waals surface area contributed by atoms with E-state index in [0.29, 0.717) is 5.91 Å². The molecule has 3 saturated heterocycles. The SMILES string of the molecule is O=C(C1CCN(C2CCCC2)CC1)N1CCC2(CC1)OCCC[C@H]2O. The van der Waals surface area contributed by atoms with Crippen molar-refractivity contribution < 1.29 is 14.6 Å². The van der Waals surface area contributed by atoms with Gasteiger partial charge in [-0.1, -0.05) is 12.8 Å². The molecule has 0 aromatic heterocycles. The predicted molar refractivity (Wildman–Crippen MR) is 96.3 cm³/mol. The van der Waals surface area contributed by atoms with Gasteiger partial charge in [0.2, 0.25) is 5.91 Å². The summed E-state index contributed by atoms with van der Waals surface area (Å²) in [6, 6.07) is 0.788. The molecular weight excluding hydrogens is 316 g/mol. The zero-order valence-corrected chi connectivity index (χ0v) is 15.5. The molecular formula is C20H34N2O3. The topological polar surface area (TPSA) is 53.0 Å². The highest BCUT2D eigenvalue weighted by Crippen LogP contribution is 2.36. The van der Waals surface area contributed by atoms with Crippen LogP contribution in [0.15, 0.2) is 0 Å². The molecule has 5 heteroatoms. The molecule has 142 valence electrons. The molecule has 0 aromatic rings. The Morgan fingerprint density at radius 2 is 1.60 bits per heavy atom. The molecule has 0 radical (unpaired) electrons. The molecule has 0 aromatic carbocycles. The van der Waals surface area contributed by atoms with Crippen molar-refractivity contribution in [3.8, 4) is 0 Å². The van der Waals surface area contributed by atoms with E-state index in [-0.39, 0.29) is 17.6 Å². The van der Waals surface area contributed by atoms with Crippen LogP contribution in [0.2, 0.25) is 0 Å². The summed E-state index contributed by atoms with van der Waals surface area (Å²) in [5, 5.41) is 10.4. The van der Waals surface area contributed by atoms with E-state index >= 15 is 0 Å². The van der Waals surface area contributed by atoms with E-state index in [1.54, 1.807) is 0 Å². The van der Waals surface area contributed by atoms with Crippen molar-refractivity contribution in [3.05, 3.63) is 0 Å². The maximum Gasteiger partial charge on any atom is 0.225 e. The zero-order valence-electron chi connectivity index (χ0n) is 15.5. The third-order valence-corrected chi connectivity index (χ3v) is 7.26. The minimum Gasteiger partial charge on any atom is -0.390 e. The van der Waals surface area contributed by atoms with Crippen molar-refractivity contribution in [1.29, 1.82) is 0 Å². The summed E-state index contributed by atoms with van der Waals surface area (Å²) in [5.74, 6) is 0.565. The summed E-state index contributed by atoms with van der Waals surface area (Å²) in [7, 11) is 0. The lowest BCUT2D eigenvalue weighted by Crippen LogP contribution is -2.57. The van der Waals surface area contributed by atoms with Crippen LogP contribution in [0.1, 0.15) is 64.2 Å². The normalized spacial score (nSPS) is 32.4. The summed E-state index contributed by atoms with van der Waals surface area (Å²) in [6.07, 6.45) is 10.5. The van der Waals surface area contributed by atoms with Gasteiger partial charge in [0, 0.05) is 31.7 Å². The number of nitrogens with zero attached hydrogens (tertiary/aromatic N) is 2. The van der Waals surface area contributed by atoms with Gasteiger partial charge in [-0.05, 0) is 64.5 Å². The molecule has 1 atom stereocenters. The second-order valence-electron chi connectivity index (χ2n) is 8.65. The first-order chi connectivity index (χ1) is 12.2. The number of hydrogen-bond acceptors (Lipinski definition) is 4. The fourth-order valence-corrected chi connectivity index (χ4v) is 5.53. The molecule has 5 nitrogen and oxygen atoms in total. The number of likely N-dealkylation sites (tertiary alicyclic amines) is 2. The summed E-state index contributed by atoms with van der Waals surface area (Å²) >= 11 is 0. The van der Waals surface area contributed by atoms with Crippen LogP contribution in [-0.2, 0) is 9.53 Å². The summed E-state index contributed by atoms with van der Waals surface area (Å²) in [4.78, 5) is 17.6. The number of carbonyl (C=O) groups excluding carboxylic acids is 1. The molecule has 0 bridgehead atoms. The van der Waals surface area contributed by atoms with Crippen molar-refractivity contribution in [2.24, 2.45) is 5.92 Å². The lowest BCUT2D eigenvalue weighted by molar-refractivity contribution is -0.181. The second-order valence-corrected chi connectivity index (χ2v) is 8.65. The average molecular weight is 351 g/mol. The average Bonchev–Trinajstić information content (AvgIpc) is 3.19. The Bertz CT molecular complexity index is 462. The van der Waals surface area contributed by atoms with Crippen LogP contribution < -0.4 is 0 Å². The number of aliphatic hydroxyl groups excluding tert-OH is 1. The molecule has 4 rings (SSSR count). The third-order valence-electron chi connectivity index (χ3n) is 7.26. The highest BCUT2D eigenvalue weighted by molar-refractivity contribution is 5.79. The Labute approximate surface area is 151 Å². The maximum absolute atomic E-state index is 12.9. The minimum absolute atomic E-state index is 0.212. The molecule has 1 amide bonds. The van der Waals surface area contributed by atoms with Crippen LogP contribution in [0, 0.1) is 5.92 Å². The Hall–Kier alpha value is -0.650. The van der Waals surface area contributed by atoms with Crippen molar-refractivity contribution in [3.63, 3.8) is 0 Å². The summed E-state index contributed by atoms with van der Waals surface area (Å²) in [5.41, 5.74) is -0.374. The molecule has 0 unspecified atom stereocenters. The molecule has 1 N–H and O–H groups in total. The standard InChI is InChI=1S/C20H34N2O3/c23-18-6-3-15-25-20(18)9-13-22(14-10-20)19(24)16-7-11-21(12-8-16)17-4-1-2-5-17/h16-18,23H,1-15H2/t18-/m1/s1. The molecule has 3 heterocycles. The van der Waals surface area contributed by atoms with Crippen LogP contribution in [-0.4, -0.2) is 71.3 Å². The van der Waals surface area contributed by atoms with Crippen molar-refractivity contribution in [1.82, 2.24) is 9.80 Å². The summed E-state index contributed by atoms with van der Waals surface area (Å²) in [6.45, 7) is 4.45. The molecule has 4 aliphatic rings. The van der Waals surface area contributed by atoms with Crippen molar-refractivity contribution in [2.45, 2.75) is 82.0 Å². The van der Waals surface area contributed by atoms with Crippen LogP contribution >= 0.6 is 0 Å². The molecule has 25 heavy (non-hydrogen) atoms. The Balaban J connectivity index is 1.26. The number of carbonyl (C=O) groups is 1. The zero-order chi connectivity index (χ0) is 17.3. The van der Waals surface area contributed by atoms with Gasteiger partial charge >= 0.3 is 0 Å². The quantitative estimate of drug-likeness (QED) is 0.829. The first-order valence-electron chi connectivity index (χ1n) is 10.5. The lowest BCUT2D eigenvalue weighted by Gasteiger charge is -2.47. The Morgan fingerprint density at radius 3 is 2.24 bits per heavy atom. The van der Waals surface area contributed by atoms with Crippen molar-refractivity contribution in [2.75, 3.05) is 32.8 Å². The Morgan fingerprint density at radius 1 is 0.920 bits per heavy atom. The van der Waals surface area contributed by atoms with Crippen LogP contribution in [0.25, 0.3) is 0 Å². The number of rotatable bonds is 2. The van der Waals surface area contributed by atoms with Gasteiger partial charge in [0.15, 0.2) is 0 Å².